The van der Waals surface area contributed by atoms with Gasteiger partial charge in [0.25, 0.3) is 0 Å². The number of carbonyl (C=O) groups excluding carboxylic acids is 3. The zero-order valence-electron chi connectivity index (χ0n) is 11.5. The van der Waals surface area contributed by atoms with Crippen molar-refractivity contribution in [1.29, 1.82) is 0 Å². The smallest absolute Gasteiger partial charge is 0.349 e. The van der Waals surface area contributed by atoms with Crippen LogP contribution in [-0.2, 0) is 33.4 Å². The molecule has 0 fully saturated rings. The van der Waals surface area contributed by atoms with Crippen LogP contribution in [0.5, 0.6) is 0 Å². The van der Waals surface area contributed by atoms with Gasteiger partial charge in [-0.2, -0.15) is 12.6 Å². The molecule has 22 heavy (non-hydrogen) atoms. The molecule has 0 aromatic rings. The van der Waals surface area contributed by atoms with E-state index in [1.807, 2.05) is 0 Å². The zero-order chi connectivity index (χ0) is 17.5. The minimum Gasteiger partial charge on any atom is -0.481 e. The van der Waals surface area contributed by atoms with Crippen LogP contribution in [0.1, 0.15) is 19.8 Å². The van der Waals surface area contributed by atoms with Gasteiger partial charge in [-0.15, -0.1) is 0 Å². The SMILES string of the molecule is CC(=O)OC(CC(=O)O)(CC(=O)OC(=O)[C@@H](N)CS)C(=O)O. The lowest BCUT2D eigenvalue weighted by atomic mass is 9.95. The molecule has 0 radical (unpaired) electrons. The lowest BCUT2D eigenvalue weighted by Crippen LogP contribution is -2.47. The summed E-state index contributed by atoms with van der Waals surface area (Å²) in [6.45, 7) is 0.840. The predicted octanol–water partition coefficient (Wildman–Crippen LogP) is -1.44. The van der Waals surface area contributed by atoms with Gasteiger partial charge in [-0.3, -0.25) is 14.4 Å². The summed E-state index contributed by atoms with van der Waals surface area (Å²) in [5.41, 5.74) is 2.57. The molecule has 0 spiro atoms. The molecule has 0 rings (SSSR count). The number of carboxylic acids is 2. The van der Waals surface area contributed by atoms with Crippen molar-refractivity contribution < 1.29 is 43.7 Å². The average molecular weight is 337 g/mol. The van der Waals surface area contributed by atoms with Gasteiger partial charge in [0.2, 0.25) is 5.60 Å². The Morgan fingerprint density at radius 1 is 1.18 bits per heavy atom. The van der Waals surface area contributed by atoms with Crippen molar-refractivity contribution in [3.8, 4) is 0 Å². The maximum absolute atomic E-state index is 11.6. The molecule has 1 unspecified atom stereocenters. The summed E-state index contributed by atoms with van der Waals surface area (Å²) < 4.78 is 8.74. The molecule has 11 heteroatoms. The first-order valence-corrected chi connectivity index (χ1v) is 6.43. The van der Waals surface area contributed by atoms with E-state index in [1.165, 1.54) is 0 Å². The van der Waals surface area contributed by atoms with Gasteiger partial charge in [-0.05, 0) is 0 Å². The molecule has 0 aliphatic rings. The molecule has 10 nitrogen and oxygen atoms in total. The predicted molar refractivity (Wildman–Crippen MR) is 71.9 cm³/mol. The van der Waals surface area contributed by atoms with Gasteiger partial charge in [0.1, 0.15) is 6.04 Å². The molecule has 0 aliphatic heterocycles. The van der Waals surface area contributed by atoms with Crippen LogP contribution in [0.2, 0.25) is 0 Å². The summed E-state index contributed by atoms with van der Waals surface area (Å²) >= 11 is 3.71. The quantitative estimate of drug-likeness (QED) is 0.234. The Hall–Kier alpha value is -2.14. The number of hydrogen-bond acceptors (Lipinski definition) is 9. The highest BCUT2D eigenvalue weighted by Crippen LogP contribution is 2.23. The number of carboxylic acid groups (broad SMARTS) is 2. The Morgan fingerprint density at radius 2 is 1.73 bits per heavy atom. The van der Waals surface area contributed by atoms with Crippen molar-refractivity contribution in [2.45, 2.75) is 31.4 Å². The molecule has 2 atom stereocenters. The third-order valence-corrected chi connectivity index (χ3v) is 2.70. The Balaban J connectivity index is 5.22. The van der Waals surface area contributed by atoms with Crippen molar-refractivity contribution in [3.63, 3.8) is 0 Å². The van der Waals surface area contributed by atoms with Gasteiger partial charge in [-0.25, -0.2) is 9.59 Å². The van der Waals surface area contributed by atoms with E-state index < -0.39 is 54.3 Å². The summed E-state index contributed by atoms with van der Waals surface area (Å²) in [5, 5.41) is 17.8. The van der Waals surface area contributed by atoms with Crippen LogP contribution in [0.25, 0.3) is 0 Å². The molecule has 0 amide bonds. The van der Waals surface area contributed by atoms with Gasteiger partial charge in [0, 0.05) is 12.7 Å². The van der Waals surface area contributed by atoms with E-state index in [2.05, 4.69) is 22.1 Å². The van der Waals surface area contributed by atoms with Crippen molar-refractivity contribution >= 4 is 42.5 Å². The van der Waals surface area contributed by atoms with Crippen LogP contribution < -0.4 is 5.73 Å². The van der Waals surface area contributed by atoms with E-state index in [0.717, 1.165) is 6.92 Å². The molecule has 124 valence electrons. The minimum absolute atomic E-state index is 0.130. The number of carbonyl (C=O) groups is 5. The van der Waals surface area contributed by atoms with Gasteiger partial charge in [0.05, 0.1) is 12.8 Å². The third-order valence-electron chi connectivity index (χ3n) is 2.31. The fourth-order valence-electron chi connectivity index (χ4n) is 1.38. The molecule has 4 N–H and O–H groups in total. The first-order chi connectivity index (χ1) is 10.0. The normalized spacial score (nSPS) is 14.3. The molecular formula is C11H15NO9S. The van der Waals surface area contributed by atoms with E-state index in [9.17, 15) is 24.0 Å². The van der Waals surface area contributed by atoms with E-state index in [4.69, 9.17) is 15.9 Å². The summed E-state index contributed by atoms with van der Waals surface area (Å²) in [6, 6.07) is -1.22. The number of ether oxygens (including phenoxy) is 2. The highest BCUT2D eigenvalue weighted by atomic mass is 32.1. The summed E-state index contributed by atoms with van der Waals surface area (Å²) in [4.78, 5) is 55.8. The van der Waals surface area contributed by atoms with Crippen molar-refractivity contribution in [3.05, 3.63) is 0 Å². The number of thiol groups is 1. The molecular weight excluding hydrogens is 322 g/mol. The van der Waals surface area contributed by atoms with Gasteiger partial charge < -0.3 is 25.4 Å². The Bertz CT molecular complexity index is 474. The van der Waals surface area contributed by atoms with E-state index in [0.29, 0.717) is 0 Å². The first-order valence-electron chi connectivity index (χ1n) is 5.80. The molecule has 0 aliphatic carbocycles. The standard InChI is InChI=1S/C11H15NO9S/c1-5(13)21-11(10(18)19,2-7(14)15)3-8(16)20-9(17)6(12)4-22/h6,22H,2-4,12H2,1H3,(H,14,15)(H,18,19)/t6-,11?/m0/s1. The Labute approximate surface area is 130 Å². The van der Waals surface area contributed by atoms with E-state index >= 15 is 0 Å². The summed E-state index contributed by atoms with van der Waals surface area (Å²) in [5.74, 6) is -7.31. The summed E-state index contributed by atoms with van der Waals surface area (Å²) in [6.07, 6.45) is -2.36. The van der Waals surface area contributed by atoms with Gasteiger partial charge in [-0.1, -0.05) is 0 Å². The maximum atomic E-state index is 11.6. The zero-order valence-corrected chi connectivity index (χ0v) is 12.4. The molecule has 0 heterocycles. The molecule has 0 saturated carbocycles. The number of esters is 3. The highest BCUT2D eigenvalue weighted by molar-refractivity contribution is 7.80. The first kappa shape index (κ1) is 19.9. The third kappa shape index (κ3) is 6.10. The Morgan fingerprint density at radius 3 is 2.09 bits per heavy atom. The second-order valence-electron chi connectivity index (χ2n) is 4.22. The number of hydrogen-bond donors (Lipinski definition) is 4. The fraction of sp³-hybridized carbons (Fsp3) is 0.545. The highest BCUT2D eigenvalue weighted by Gasteiger charge is 2.47. The molecule has 0 bridgehead atoms. The number of rotatable bonds is 8. The fourth-order valence-corrected chi connectivity index (χ4v) is 1.53. The molecule has 0 aromatic heterocycles. The maximum Gasteiger partial charge on any atom is 0.349 e. The lowest BCUT2D eigenvalue weighted by molar-refractivity contribution is -0.186. The monoisotopic (exact) mass is 337 g/mol. The van der Waals surface area contributed by atoms with Crippen LogP contribution in [-0.4, -0.2) is 57.5 Å². The van der Waals surface area contributed by atoms with Gasteiger partial charge >= 0.3 is 29.8 Å². The van der Waals surface area contributed by atoms with Crippen LogP contribution >= 0.6 is 12.6 Å². The summed E-state index contributed by atoms with van der Waals surface area (Å²) in [7, 11) is 0. The largest absolute Gasteiger partial charge is 0.481 e. The molecule has 0 aromatic carbocycles. The van der Waals surface area contributed by atoms with Crippen LogP contribution in [0.15, 0.2) is 0 Å². The minimum atomic E-state index is -2.68. The van der Waals surface area contributed by atoms with Crippen molar-refractivity contribution in [1.82, 2.24) is 0 Å². The van der Waals surface area contributed by atoms with Crippen LogP contribution in [0.4, 0.5) is 0 Å². The van der Waals surface area contributed by atoms with Crippen molar-refractivity contribution in [2.24, 2.45) is 5.73 Å². The van der Waals surface area contributed by atoms with E-state index in [-0.39, 0.29) is 5.75 Å². The average Bonchev–Trinajstić information content (AvgIpc) is 2.35. The lowest BCUT2D eigenvalue weighted by Gasteiger charge is -2.26. The van der Waals surface area contributed by atoms with Gasteiger partial charge in [0.15, 0.2) is 0 Å². The molecule has 0 saturated heterocycles. The second kappa shape index (κ2) is 8.34. The topological polar surface area (TPSA) is 170 Å². The Kier molecular flexibility index (Phi) is 7.53. The number of aliphatic carboxylic acids is 2. The van der Waals surface area contributed by atoms with Crippen molar-refractivity contribution in [2.75, 3.05) is 5.75 Å². The van der Waals surface area contributed by atoms with Crippen LogP contribution in [0, 0.1) is 0 Å². The second-order valence-corrected chi connectivity index (χ2v) is 4.59. The van der Waals surface area contributed by atoms with Crippen LogP contribution in [0.3, 0.4) is 0 Å². The van der Waals surface area contributed by atoms with E-state index in [1.54, 1.807) is 0 Å². The number of nitrogens with two attached hydrogens (primary N) is 1.